The van der Waals surface area contributed by atoms with E-state index >= 15 is 0 Å². The number of aromatic nitrogens is 7. The molecule has 0 bridgehead atoms. The van der Waals surface area contributed by atoms with Crippen LogP contribution in [0.15, 0.2) is 30.7 Å². The number of rotatable bonds is 4. The lowest BCUT2D eigenvalue weighted by molar-refractivity contribution is -0.141. The van der Waals surface area contributed by atoms with Gasteiger partial charge in [-0.2, -0.15) is 18.3 Å². The summed E-state index contributed by atoms with van der Waals surface area (Å²) in [4.78, 5) is 22.4. The van der Waals surface area contributed by atoms with Gasteiger partial charge >= 0.3 is 6.18 Å². The summed E-state index contributed by atoms with van der Waals surface area (Å²) >= 11 is 0. The van der Waals surface area contributed by atoms with Crippen molar-refractivity contribution in [2.45, 2.75) is 63.8 Å². The molecule has 1 saturated carbocycles. The van der Waals surface area contributed by atoms with Gasteiger partial charge < -0.3 is 4.74 Å². The maximum atomic E-state index is 13.1. The minimum Gasteiger partial charge on any atom is -0.373 e. The van der Waals surface area contributed by atoms with Crippen LogP contribution in [0.4, 0.5) is 13.2 Å². The predicted octanol–water partition coefficient (Wildman–Crippen LogP) is 5.28. The van der Waals surface area contributed by atoms with Crippen molar-refractivity contribution in [1.82, 2.24) is 34.7 Å². The number of ether oxygens (including phenoxy) is 1. The molecule has 5 heterocycles. The van der Waals surface area contributed by atoms with E-state index in [-0.39, 0.29) is 12.0 Å². The van der Waals surface area contributed by atoms with Crippen LogP contribution in [0.3, 0.4) is 0 Å². The van der Waals surface area contributed by atoms with E-state index in [0.717, 1.165) is 36.6 Å². The Morgan fingerprint density at radius 2 is 1.78 bits per heavy atom. The van der Waals surface area contributed by atoms with E-state index < -0.39 is 11.9 Å². The topological polar surface area (TPSA) is 91.5 Å². The second-order valence-electron chi connectivity index (χ2n) is 9.49. The summed E-state index contributed by atoms with van der Waals surface area (Å²) in [5.41, 5.74) is 3.24. The molecule has 0 unspecified atom stereocenters. The number of pyridine rings is 1. The van der Waals surface area contributed by atoms with Gasteiger partial charge in [-0.1, -0.05) is 0 Å². The van der Waals surface area contributed by atoms with Crippen LogP contribution in [-0.2, 0) is 10.9 Å². The molecular weight excluding hydrogens is 471 g/mol. The van der Waals surface area contributed by atoms with Crippen LogP contribution >= 0.6 is 0 Å². The fourth-order valence-corrected chi connectivity index (χ4v) is 4.54. The smallest absolute Gasteiger partial charge is 0.373 e. The van der Waals surface area contributed by atoms with E-state index in [2.05, 4.69) is 26.2 Å². The van der Waals surface area contributed by atoms with Gasteiger partial charge in [0.2, 0.25) is 0 Å². The molecule has 2 fully saturated rings. The van der Waals surface area contributed by atoms with E-state index in [9.17, 15) is 13.2 Å². The maximum absolute atomic E-state index is 13.1. The first kappa shape index (κ1) is 23.0. The molecule has 8 nitrogen and oxygen atoms in total. The van der Waals surface area contributed by atoms with Crippen molar-refractivity contribution >= 4 is 11.2 Å². The van der Waals surface area contributed by atoms with Crippen molar-refractivity contribution in [1.29, 1.82) is 0 Å². The van der Waals surface area contributed by atoms with E-state index in [4.69, 9.17) is 14.7 Å². The fourth-order valence-electron chi connectivity index (χ4n) is 4.54. The van der Waals surface area contributed by atoms with Gasteiger partial charge in [-0.25, -0.2) is 19.9 Å². The quantitative estimate of drug-likeness (QED) is 0.380. The minimum absolute atomic E-state index is 0.0120. The van der Waals surface area contributed by atoms with E-state index in [1.807, 2.05) is 24.7 Å². The lowest BCUT2D eigenvalue weighted by atomic mass is 9.92. The molecule has 0 amide bonds. The average molecular weight is 496 g/mol. The van der Waals surface area contributed by atoms with Gasteiger partial charge in [-0.05, 0) is 51.7 Å². The summed E-state index contributed by atoms with van der Waals surface area (Å²) in [7, 11) is 0. The van der Waals surface area contributed by atoms with Crippen LogP contribution in [-0.4, -0.2) is 41.3 Å². The van der Waals surface area contributed by atoms with Gasteiger partial charge in [-0.3, -0.25) is 9.67 Å². The Labute approximate surface area is 205 Å². The Kier molecular flexibility index (Phi) is 5.47. The Morgan fingerprint density at radius 3 is 2.50 bits per heavy atom. The highest BCUT2D eigenvalue weighted by atomic mass is 19.4. The molecule has 4 aromatic rings. The van der Waals surface area contributed by atoms with Gasteiger partial charge in [0.05, 0.1) is 29.7 Å². The first-order valence-corrected chi connectivity index (χ1v) is 12.0. The van der Waals surface area contributed by atoms with Gasteiger partial charge in [0.25, 0.3) is 0 Å². The van der Waals surface area contributed by atoms with Crippen LogP contribution < -0.4 is 0 Å². The second kappa shape index (κ2) is 8.58. The fraction of sp³-hybridized carbons (Fsp3) is 0.440. The molecule has 1 saturated heterocycles. The summed E-state index contributed by atoms with van der Waals surface area (Å²) in [5, 5.41) is 4.49. The maximum Gasteiger partial charge on any atom is 0.433 e. The van der Waals surface area contributed by atoms with Crippen molar-refractivity contribution in [2.75, 3.05) is 6.61 Å². The Hall–Kier alpha value is -3.47. The molecular formula is C25H24F3N7O. The molecule has 2 atom stereocenters. The molecule has 11 heteroatoms. The number of aryl methyl sites for hydroxylation is 2. The zero-order valence-electron chi connectivity index (χ0n) is 19.8. The third-order valence-corrected chi connectivity index (χ3v) is 6.85. The third-order valence-electron chi connectivity index (χ3n) is 6.85. The Balaban J connectivity index is 1.38. The van der Waals surface area contributed by atoms with E-state index in [1.165, 1.54) is 12.3 Å². The summed E-state index contributed by atoms with van der Waals surface area (Å²) in [5.74, 6) is 0.569. The van der Waals surface area contributed by atoms with Crippen molar-refractivity contribution < 1.29 is 17.9 Å². The van der Waals surface area contributed by atoms with Crippen molar-refractivity contribution in [3.8, 4) is 11.3 Å². The molecule has 2 aliphatic rings. The summed E-state index contributed by atoms with van der Waals surface area (Å²) in [6.45, 7) is 4.22. The third kappa shape index (κ3) is 4.32. The largest absolute Gasteiger partial charge is 0.433 e. The average Bonchev–Trinajstić information content (AvgIpc) is 3.60. The molecule has 4 aromatic heterocycles. The van der Waals surface area contributed by atoms with Gasteiger partial charge in [0, 0.05) is 36.0 Å². The number of alkyl halides is 3. The molecule has 0 radical (unpaired) electrons. The number of hydrogen-bond donors (Lipinski definition) is 0. The highest BCUT2D eigenvalue weighted by Crippen LogP contribution is 2.40. The molecule has 36 heavy (non-hydrogen) atoms. The molecule has 1 aliphatic carbocycles. The zero-order valence-corrected chi connectivity index (χ0v) is 19.8. The van der Waals surface area contributed by atoms with Gasteiger partial charge in [-0.15, -0.1) is 0 Å². The van der Waals surface area contributed by atoms with E-state index in [0.29, 0.717) is 53.0 Å². The monoisotopic (exact) mass is 495 g/mol. The highest BCUT2D eigenvalue weighted by molar-refractivity contribution is 5.86. The predicted molar refractivity (Wildman–Crippen MR) is 124 cm³/mol. The standard InChI is InChI=1S/C25H24F3N7O/c1-13-14(2)32-24-22(31-13)21(16-3-6-20(29-10-16)25(26,27)28)33-23(34-24)15-7-8-36-19(9-15)17-11-30-35(12-17)18-4-5-18/h3,6,10-12,15,18-19H,4-5,7-9H2,1-2H3/t15-,19+/m1/s1. The van der Waals surface area contributed by atoms with E-state index in [1.54, 1.807) is 0 Å². The molecule has 0 N–H and O–H groups in total. The number of halogens is 3. The SMILES string of the molecule is Cc1nc2nc([C@@H]3CCO[C@H](c4cnn(C5CC5)c4)C3)nc(-c3ccc(C(F)(F)F)nc3)c2nc1C. The molecule has 6 rings (SSSR count). The van der Waals surface area contributed by atoms with Crippen LogP contribution in [0.2, 0.25) is 0 Å². The summed E-state index contributed by atoms with van der Waals surface area (Å²) < 4.78 is 47.3. The molecule has 1 aliphatic heterocycles. The minimum atomic E-state index is -4.52. The van der Waals surface area contributed by atoms with Crippen LogP contribution in [0.1, 0.15) is 72.2 Å². The van der Waals surface area contributed by atoms with Crippen molar-refractivity contribution in [3.05, 3.63) is 59.2 Å². The molecule has 0 spiro atoms. The number of fused-ring (bicyclic) bond motifs is 1. The lowest BCUT2D eigenvalue weighted by Crippen LogP contribution is -2.20. The van der Waals surface area contributed by atoms with Gasteiger partial charge in [0.15, 0.2) is 5.65 Å². The summed E-state index contributed by atoms with van der Waals surface area (Å²) in [6, 6.07) is 2.82. The molecule has 186 valence electrons. The number of hydrogen-bond acceptors (Lipinski definition) is 7. The van der Waals surface area contributed by atoms with Gasteiger partial charge in [0.1, 0.15) is 22.7 Å². The van der Waals surface area contributed by atoms with Crippen molar-refractivity contribution in [3.63, 3.8) is 0 Å². The second-order valence-corrected chi connectivity index (χ2v) is 9.49. The Morgan fingerprint density at radius 1 is 0.972 bits per heavy atom. The van der Waals surface area contributed by atoms with Crippen molar-refractivity contribution in [2.24, 2.45) is 0 Å². The lowest BCUT2D eigenvalue weighted by Gasteiger charge is -2.28. The Bertz CT molecular complexity index is 1430. The highest BCUT2D eigenvalue weighted by Gasteiger charge is 2.33. The number of nitrogens with zero attached hydrogens (tertiary/aromatic N) is 7. The van der Waals surface area contributed by atoms with Crippen LogP contribution in [0.25, 0.3) is 22.4 Å². The van der Waals surface area contributed by atoms with Crippen LogP contribution in [0.5, 0.6) is 0 Å². The normalized spacial score (nSPS) is 20.7. The molecule has 0 aromatic carbocycles. The zero-order chi connectivity index (χ0) is 25.0. The van der Waals surface area contributed by atoms with Crippen LogP contribution in [0, 0.1) is 13.8 Å². The summed E-state index contributed by atoms with van der Waals surface area (Å²) in [6.07, 6.45) is 4.17. The first-order valence-electron chi connectivity index (χ1n) is 12.0. The first-order chi connectivity index (χ1) is 17.3.